The van der Waals surface area contributed by atoms with Gasteiger partial charge in [0.05, 0.1) is 0 Å². The summed E-state index contributed by atoms with van der Waals surface area (Å²) >= 11 is 0. The second kappa shape index (κ2) is 6.47. The second-order valence-corrected chi connectivity index (χ2v) is 5.08. The highest BCUT2D eigenvalue weighted by molar-refractivity contribution is 5.46. The van der Waals surface area contributed by atoms with Crippen molar-refractivity contribution in [2.24, 2.45) is 0 Å². The molecule has 0 radical (unpaired) electrons. The quantitative estimate of drug-likeness (QED) is 0.473. The van der Waals surface area contributed by atoms with Gasteiger partial charge in [-0.3, -0.25) is 0 Å². The summed E-state index contributed by atoms with van der Waals surface area (Å²) in [6.45, 7) is 1.07. The minimum Gasteiger partial charge on any atom is -0.399 e. The normalized spacial score (nSPS) is 18.1. The van der Waals surface area contributed by atoms with E-state index in [1.807, 2.05) is 6.07 Å². The molecule has 0 saturated heterocycles. The van der Waals surface area contributed by atoms with E-state index in [9.17, 15) is 0 Å². The molecule has 3 N–H and O–H groups in total. The minimum absolute atomic E-state index is 0.602. The lowest BCUT2D eigenvalue weighted by Crippen LogP contribution is -2.35. The first-order valence-electron chi connectivity index (χ1n) is 6.83. The van der Waals surface area contributed by atoms with Crippen molar-refractivity contribution in [3.05, 3.63) is 29.3 Å². The van der Waals surface area contributed by atoms with Crippen LogP contribution in [0.4, 0.5) is 5.69 Å². The van der Waals surface area contributed by atoms with E-state index in [1.165, 1.54) is 24.0 Å². The van der Waals surface area contributed by atoms with E-state index in [4.69, 9.17) is 12.2 Å². The fourth-order valence-corrected chi connectivity index (χ4v) is 2.61. The molecule has 1 atom stereocenters. The summed E-state index contributed by atoms with van der Waals surface area (Å²) in [7, 11) is 0. The van der Waals surface area contributed by atoms with Gasteiger partial charge in [-0.05, 0) is 61.9 Å². The monoisotopic (exact) mass is 242 g/mol. The fraction of sp³-hybridized carbons (Fsp3) is 0.500. The molecule has 18 heavy (non-hydrogen) atoms. The Balaban J connectivity index is 1.79. The van der Waals surface area contributed by atoms with Gasteiger partial charge in [-0.15, -0.1) is 12.3 Å². The number of aryl methyl sites for hydroxylation is 1. The molecule has 0 fully saturated rings. The Bertz CT molecular complexity index is 431. The number of hydrogen-bond acceptors (Lipinski definition) is 2. The largest absolute Gasteiger partial charge is 0.399 e. The lowest BCUT2D eigenvalue weighted by Gasteiger charge is -2.26. The van der Waals surface area contributed by atoms with Crippen LogP contribution in [0.25, 0.3) is 0 Å². The van der Waals surface area contributed by atoms with Crippen LogP contribution in [0.1, 0.15) is 36.8 Å². The lowest BCUT2D eigenvalue weighted by atomic mass is 9.88. The fourth-order valence-electron chi connectivity index (χ4n) is 2.61. The predicted molar refractivity (Wildman–Crippen MR) is 77.4 cm³/mol. The van der Waals surface area contributed by atoms with Crippen LogP contribution in [-0.2, 0) is 12.8 Å². The first-order chi connectivity index (χ1) is 8.79. The smallest absolute Gasteiger partial charge is 0.0316 e. The van der Waals surface area contributed by atoms with Crippen molar-refractivity contribution >= 4 is 5.69 Å². The van der Waals surface area contributed by atoms with Crippen LogP contribution in [0.5, 0.6) is 0 Å². The summed E-state index contributed by atoms with van der Waals surface area (Å²) in [4.78, 5) is 0. The maximum Gasteiger partial charge on any atom is 0.0316 e. The Morgan fingerprint density at radius 2 is 2.22 bits per heavy atom. The van der Waals surface area contributed by atoms with Gasteiger partial charge in [0.15, 0.2) is 0 Å². The van der Waals surface area contributed by atoms with Crippen LogP contribution >= 0.6 is 0 Å². The van der Waals surface area contributed by atoms with Gasteiger partial charge in [0, 0.05) is 18.2 Å². The van der Waals surface area contributed by atoms with Gasteiger partial charge in [-0.25, -0.2) is 0 Å². The molecule has 1 aromatic carbocycles. The third-order valence-electron chi connectivity index (χ3n) is 3.64. The van der Waals surface area contributed by atoms with Gasteiger partial charge < -0.3 is 11.1 Å². The maximum atomic E-state index is 5.84. The molecule has 2 nitrogen and oxygen atoms in total. The number of rotatable bonds is 5. The molecule has 0 bridgehead atoms. The van der Waals surface area contributed by atoms with Crippen LogP contribution in [0.2, 0.25) is 0 Å². The molecule has 96 valence electrons. The summed E-state index contributed by atoms with van der Waals surface area (Å²) in [5.74, 6) is 2.68. The topological polar surface area (TPSA) is 38.0 Å². The standard InChI is InChI=1S/C16H22N2/c1-2-3-4-5-10-18-16-9-7-13-6-8-15(17)11-14(13)12-16/h1,6,8,11,16,18H,3-5,7,9-10,12,17H2. The van der Waals surface area contributed by atoms with Crippen molar-refractivity contribution in [1.29, 1.82) is 0 Å². The number of hydrogen-bond donors (Lipinski definition) is 2. The van der Waals surface area contributed by atoms with Crippen LogP contribution in [0.15, 0.2) is 18.2 Å². The number of nitrogens with one attached hydrogen (secondary N) is 1. The third kappa shape index (κ3) is 3.51. The van der Waals surface area contributed by atoms with E-state index < -0.39 is 0 Å². The minimum atomic E-state index is 0.602. The van der Waals surface area contributed by atoms with Gasteiger partial charge in [-0.2, -0.15) is 0 Å². The average molecular weight is 242 g/mol. The highest BCUT2D eigenvalue weighted by Crippen LogP contribution is 2.23. The molecule has 0 heterocycles. The molecule has 1 unspecified atom stereocenters. The maximum absolute atomic E-state index is 5.84. The number of anilines is 1. The molecular weight excluding hydrogens is 220 g/mol. The number of unbranched alkanes of at least 4 members (excludes halogenated alkanes) is 2. The van der Waals surface area contributed by atoms with E-state index in [-0.39, 0.29) is 0 Å². The zero-order valence-electron chi connectivity index (χ0n) is 10.9. The molecule has 1 aromatic rings. The molecule has 1 aliphatic rings. The Labute approximate surface area is 110 Å². The molecule has 0 spiro atoms. The third-order valence-corrected chi connectivity index (χ3v) is 3.64. The first kappa shape index (κ1) is 13.0. The van der Waals surface area contributed by atoms with Gasteiger partial charge in [0.25, 0.3) is 0 Å². The molecule has 2 rings (SSSR count). The van der Waals surface area contributed by atoms with Crippen LogP contribution < -0.4 is 11.1 Å². The van der Waals surface area contributed by atoms with E-state index in [2.05, 4.69) is 23.4 Å². The highest BCUT2D eigenvalue weighted by atomic mass is 14.9. The molecular formula is C16H22N2. The SMILES string of the molecule is C#CCCCCNC1CCc2ccc(N)cc2C1. The highest BCUT2D eigenvalue weighted by Gasteiger charge is 2.17. The second-order valence-electron chi connectivity index (χ2n) is 5.08. The van der Waals surface area contributed by atoms with Gasteiger partial charge in [0.2, 0.25) is 0 Å². The average Bonchev–Trinajstić information content (AvgIpc) is 2.38. The predicted octanol–water partition coefficient (Wildman–Crippen LogP) is 2.52. The molecule has 0 aromatic heterocycles. The first-order valence-corrected chi connectivity index (χ1v) is 6.83. The zero-order chi connectivity index (χ0) is 12.8. The van der Waals surface area contributed by atoms with Gasteiger partial charge in [-0.1, -0.05) is 6.07 Å². The number of nitrogen functional groups attached to an aromatic ring is 1. The van der Waals surface area contributed by atoms with E-state index >= 15 is 0 Å². The van der Waals surface area contributed by atoms with E-state index in [0.29, 0.717) is 6.04 Å². The molecule has 0 aliphatic heterocycles. The Kier molecular flexibility index (Phi) is 4.66. The summed E-state index contributed by atoms with van der Waals surface area (Å²) in [5, 5.41) is 3.63. The summed E-state index contributed by atoms with van der Waals surface area (Å²) in [5.41, 5.74) is 9.61. The van der Waals surface area contributed by atoms with Gasteiger partial charge in [0.1, 0.15) is 0 Å². The van der Waals surface area contributed by atoms with Crippen molar-refractivity contribution in [2.75, 3.05) is 12.3 Å². The molecule has 2 heteroatoms. The van der Waals surface area contributed by atoms with Crippen molar-refractivity contribution in [1.82, 2.24) is 5.32 Å². The zero-order valence-corrected chi connectivity index (χ0v) is 10.9. The van der Waals surface area contributed by atoms with Crippen molar-refractivity contribution < 1.29 is 0 Å². The molecule has 1 aliphatic carbocycles. The number of fused-ring (bicyclic) bond motifs is 1. The van der Waals surface area contributed by atoms with Crippen LogP contribution in [0.3, 0.4) is 0 Å². The lowest BCUT2D eigenvalue weighted by molar-refractivity contribution is 0.451. The molecule has 0 amide bonds. The number of nitrogens with two attached hydrogens (primary N) is 1. The summed E-state index contributed by atoms with van der Waals surface area (Å²) in [6.07, 6.45) is 11.9. The van der Waals surface area contributed by atoms with Crippen molar-refractivity contribution in [3.63, 3.8) is 0 Å². The van der Waals surface area contributed by atoms with Gasteiger partial charge >= 0.3 is 0 Å². The summed E-state index contributed by atoms with van der Waals surface area (Å²) in [6, 6.07) is 6.91. The van der Waals surface area contributed by atoms with Crippen LogP contribution in [0, 0.1) is 12.3 Å². The Hall–Kier alpha value is -1.46. The van der Waals surface area contributed by atoms with Crippen LogP contribution in [-0.4, -0.2) is 12.6 Å². The Morgan fingerprint density at radius 3 is 3.06 bits per heavy atom. The Morgan fingerprint density at radius 1 is 1.33 bits per heavy atom. The van der Waals surface area contributed by atoms with E-state index in [0.717, 1.165) is 37.9 Å². The van der Waals surface area contributed by atoms with E-state index in [1.54, 1.807) is 0 Å². The molecule has 0 saturated carbocycles. The number of terminal acetylenes is 1. The van der Waals surface area contributed by atoms with Crippen molar-refractivity contribution in [2.45, 2.75) is 44.6 Å². The number of benzene rings is 1. The van der Waals surface area contributed by atoms with Crippen molar-refractivity contribution in [3.8, 4) is 12.3 Å². The summed E-state index contributed by atoms with van der Waals surface area (Å²) < 4.78 is 0.